The van der Waals surface area contributed by atoms with Crippen molar-refractivity contribution >= 4 is 12.0 Å². The van der Waals surface area contributed by atoms with Gasteiger partial charge in [0.1, 0.15) is 0 Å². The van der Waals surface area contributed by atoms with E-state index in [0.717, 1.165) is 12.8 Å². The lowest BCUT2D eigenvalue weighted by molar-refractivity contribution is -0.136. The molecule has 0 saturated carbocycles. The summed E-state index contributed by atoms with van der Waals surface area (Å²) in [4.78, 5) is 24.7. The van der Waals surface area contributed by atoms with Crippen molar-refractivity contribution < 1.29 is 14.3 Å². The maximum Gasteiger partial charge on any atom is 0.337 e. The number of carbonyl (C=O) groups is 2. The van der Waals surface area contributed by atoms with E-state index in [4.69, 9.17) is 4.74 Å². The molecule has 2 amide bonds. The molecule has 5 nitrogen and oxygen atoms in total. The summed E-state index contributed by atoms with van der Waals surface area (Å²) >= 11 is 0. The van der Waals surface area contributed by atoms with Crippen molar-refractivity contribution in [1.29, 1.82) is 0 Å². The van der Waals surface area contributed by atoms with Crippen LogP contribution in [0.5, 0.6) is 0 Å². The normalized spacial score (nSPS) is 20.9. The highest BCUT2D eigenvalue weighted by atomic mass is 16.5. The van der Waals surface area contributed by atoms with E-state index in [1.165, 1.54) is 12.0 Å². The third kappa shape index (κ3) is 2.18. The van der Waals surface area contributed by atoms with Crippen LogP contribution in [0.2, 0.25) is 0 Å². The average Bonchev–Trinajstić information content (AvgIpc) is 2.26. The Labute approximate surface area is 95.4 Å². The Balaban J connectivity index is 3.10. The molecule has 0 fully saturated rings. The number of allylic oxidation sites excluding steroid dienone is 1. The molecule has 16 heavy (non-hydrogen) atoms. The van der Waals surface area contributed by atoms with Crippen molar-refractivity contribution in [2.45, 2.75) is 32.7 Å². The van der Waals surface area contributed by atoms with Crippen LogP contribution in [0.15, 0.2) is 11.3 Å². The van der Waals surface area contributed by atoms with Crippen LogP contribution in [-0.2, 0) is 9.53 Å². The van der Waals surface area contributed by atoms with Gasteiger partial charge in [0.25, 0.3) is 0 Å². The van der Waals surface area contributed by atoms with E-state index in [-0.39, 0.29) is 18.0 Å². The molecule has 1 rings (SSSR count). The Morgan fingerprint density at radius 3 is 2.69 bits per heavy atom. The lowest BCUT2D eigenvalue weighted by atomic mass is 9.98. The molecular formula is C11H18N2O3. The lowest BCUT2D eigenvalue weighted by Crippen LogP contribution is -2.50. The molecule has 1 aliphatic rings. The minimum Gasteiger partial charge on any atom is -0.466 e. The predicted molar refractivity (Wildman–Crippen MR) is 59.7 cm³/mol. The highest BCUT2D eigenvalue weighted by molar-refractivity contribution is 5.94. The Kier molecular flexibility index (Phi) is 3.93. The lowest BCUT2D eigenvalue weighted by Gasteiger charge is -2.32. The smallest absolute Gasteiger partial charge is 0.337 e. The third-order valence-electron chi connectivity index (χ3n) is 2.83. The molecule has 0 aromatic heterocycles. The molecule has 0 bridgehead atoms. The van der Waals surface area contributed by atoms with Gasteiger partial charge < -0.3 is 15.0 Å². The van der Waals surface area contributed by atoms with Crippen LogP contribution in [0.1, 0.15) is 26.7 Å². The molecule has 1 atom stereocenters. The fourth-order valence-electron chi connectivity index (χ4n) is 1.81. The number of rotatable bonds is 3. The third-order valence-corrected chi connectivity index (χ3v) is 2.83. The second-order valence-corrected chi connectivity index (χ2v) is 3.84. The van der Waals surface area contributed by atoms with Gasteiger partial charge in [-0.3, -0.25) is 0 Å². The first-order chi connectivity index (χ1) is 7.52. The quantitative estimate of drug-likeness (QED) is 0.737. The van der Waals surface area contributed by atoms with Crippen molar-refractivity contribution in [2.75, 3.05) is 14.2 Å². The standard InChI is InChI=1S/C11H18N2O3/c1-5-6-8-9(10(14)16-4)7(2)13(3)11(15)12-8/h8H,5-6H2,1-4H3,(H,12,15). The molecule has 0 radical (unpaired) electrons. The van der Waals surface area contributed by atoms with Crippen LogP contribution >= 0.6 is 0 Å². The topological polar surface area (TPSA) is 58.6 Å². The first kappa shape index (κ1) is 12.5. The van der Waals surface area contributed by atoms with Crippen LogP contribution in [-0.4, -0.2) is 37.1 Å². The zero-order valence-corrected chi connectivity index (χ0v) is 10.2. The highest BCUT2D eigenvalue weighted by Crippen LogP contribution is 2.22. The summed E-state index contributed by atoms with van der Waals surface area (Å²) < 4.78 is 4.75. The predicted octanol–water partition coefficient (Wildman–Crippen LogP) is 1.26. The molecular weight excluding hydrogens is 208 g/mol. The van der Waals surface area contributed by atoms with Gasteiger partial charge in [-0.1, -0.05) is 13.3 Å². The first-order valence-electron chi connectivity index (χ1n) is 5.36. The number of hydrogen-bond donors (Lipinski definition) is 1. The van der Waals surface area contributed by atoms with Gasteiger partial charge in [-0.15, -0.1) is 0 Å². The largest absolute Gasteiger partial charge is 0.466 e. The van der Waals surface area contributed by atoms with Crippen LogP contribution < -0.4 is 5.32 Å². The number of esters is 1. The maximum atomic E-state index is 11.7. The summed E-state index contributed by atoms with van der Waals surface area (Å²) in [6.07, 6.45) is 1.63. The van der Waals surface area contributed by atoms with E-state index in [0.29, 0.717) is 11.3 Å². The first-order valence-corrected chi connectivity index (χ1v) is 5.36. The van der Waals surface area contributed by atoms with Gasteiger partial charge in [0.2, 0.25) is 0 Å². The van der Waals surface area contributed by atoms with Crippen LogP contribution in [0.3, 0.4) is 0 Å². The van der Waals surface area contributed by atoms with Gasteiger partial charge in [-0.25, -0.2) is 9.59 Å². The van der Waals surface area contributed by atoms with Crippen LogP contribution in [0.25, 0.3) is 0 Å². The number of nitrogens with zero attached hydrogens (tertiary/aromatic N) is 1. The molecule has 1 unspecified atom stereocenters. The van der Waals surface area contributed by atoms with Gasteiger partial charge in [-0.05, 0) is 13.3 Å². The van der Waals surface area contributed by atoms with Crippen molar-refractivity contribution in [3.8, 4) is 0 Å². The maximum absolute atomic E-state index is 11.7. The SMILES string of the molecule is CCCC1NC(=O)N(C)C(C)=C1C(=O)OC. The summed E-state index contributed by atoms with van der Waals surface area (Å²) in [6.45, 7) is 3.77. The van der Waals surface area contributed by atoms with E-state index >= 15 is 0 Å². The molecule has 0 spiro atoms. The molecule has 1 heterocycles. The van der Waals surface area contributed by atoms with E-state index in [9.17, 15) is 9.59 Å². The molecule has 0 saturated heterocycles. The molecule has 0 aliphatic carbocycles. The summed E-state index contributed by atoms with van der Waals surface area (Å²) in [5.41, 5.74) is 1.21. The number of hydrogen-bond acceptors (Lipinski definition) is 3. The van der Waals surface area contributed by atoms with Crippen LogP contribution in [0.4, 0.5) is 4.79 Å². The molecule has 0 aromatic rings. The summed E-state index contributed by atoms with van der Waals surface area (Å²) in [7, 11) is 2.98. The van der Waals surface area contributed by atoms with Crippen molar-refractivity contribution in [3.63, 3.8) is 0 Å². The molecule has 1 aliphatic heterocycles. The summed E-state index contributed by atoms with van der Waals surface area (Å²) in [6, 6.07) is -0.412. The summed E-state index contributed by atoms with van der Waals surface area (Å²) in [5, 5.41) is 2.79. The Hall–Kier alpha value is -1.52. The van der Waals surface area contributed by atoms with Crippen molar-refractivity contribution in [1.82, 2.24) is 10.2 Å². The fourth-order valence-corrected chi connectivity index (χ4v) is 1.81. The van der Waals surface area contributed by atoms with Crippen LogP contribution in [0, 0.1) is 0 Å². The van der Waals surface area contributed by atoms with E-state index in [1.54, 1.807) is 14.0 Å². The number of methoxy groups -OCH3 is 1. The second kappa shape index (κ2) is 5.01. The molecule has 90 valence electrons. The fraction of sp³-hybridized carbons (Fsp3) is 0.636. The van der Waals surface area contributed by atoms with Gasteiger partial charge in [0.05, 0.1) is 18.7 Å². The number of nitrogens with one attached hydrogen (secondary N) is 1. The summed E-state index contributed by atoms with van der Waals surface area (Å²) in [5.74, 6) is -0.372. The van der Waals surface area contributed by atoms with Gasteiger partial charge in [0.15, 0.2) is 0 Å². The monoisotopic (exact) mass is 226 g/mol. The van der Waals surface area contributed by atoms with E-state index in [2.05, 4.69) is 5.32 Å². The average molecular weight is 226 g/mol. The van der Waals surface area contributed by atoms with E-state index in [1.807, 2.05) is 6.92 Å². The second-order valence-electron chi connectivity index (χ2n) is 3.84. The number of ether oxygens (including phenoxy) is 1. The Morgan fingerprint density at radius 2 is 2.19 bits per heavy atom. The zero-order chi connectivity index (χ0) is 12.3. The molecule has 1 N–H and O–H groups in total. The minimum absolute atomic E-state index is 0.177. The Bertz CT molecular complexity index is 336. The zero-order valence-electron chi connectivity index (χ0n) is 10.2. The molecule has 0 aromatic carbocycles. The van der Waals surface area contributed by atoms with Crippen molar-refractivity contribution in [2.24, 2.45) is 0 Å². The van der Waals surface area contributed by atoms with Gasteiger partial charge >= 0.3 is 12.0 Å². The Morgan fingerprint density at radius 1 is 1.56 bits per heavy atom. The van der Waals surface area contributed by atoms with Crippen molar-refractivity contribution in [3.05, 3.63) is 11.3 Å². The number of carbonyl (C=O) groups excluding carboxylic acids is 2. The molecule has 5 heteroatoms. The number of amides is 2. The minimum atomic E-state index is -0.372. The van der Waals surface area contributed by atoms with E-state index < -0.39 is 0 Å². The van der Waals surface area contributed by atoms with Gasteiger partial charge in [-0.2, -0.15) is 0 Å². The van der Waals surface area contributed by atoms with Gasteiger partial charge in [0, 0.05) is 12.7 Å². The number of urea groups is 1. The highest BCUT2D eigenvalue weighted by Gasteiger charge is 2.32.